The summed E-state index contributed by atoms with van der Waals surface area (Å²) in [6.07, 6.45) is 4.86. The van der Waals surface area contributed by atoms with Gasteiger partial charge in [0.15, 0.2) is 11.6 Å². The van der Waals surface area contributed by atoms with Crippen LogP contribution in [0.1, 0.15) is 53.9 Å². The number of hydrogen-bond donors (Lipinski definition) is 2. The number of carbonyl (C=O) groups is 4. The summed E-state index contributed by atoms with van der Waals surface area (Å²) in [5.41, 5.74) is 0.170. The van der Waals surface area contributed by atoms with Crippen LogP contribution in [0.2, 0.25) is 0 Å². The average Bonchev–Trinajstić information content (AvgIpc) is 2.58. The molecule has 0 saturated carbocycles. The number of aliphatic hydroxyl groups excluding tert-OH is 1. The van der Waals surface area contributed by atoms with E-state index < -0.39 is 0 Å². The summed E-state index contributed by atoms with van der Waals surface area (Å²) in [5, 5.41) is 11.8. The minimum absolute atomic E-state index is 0.0231. The molecule has 26 heavy (non-hydrogen) atoms. The number of hydrogen-bond acceptors (Lipinski definition) is 5. The number of imide groups is 1. The molecule has 0 aromatic heterocycles. The van der Waals surface area contributed by atoms with Crippen LogP contribution in [-0.2, 0) is 19.2 Å². The predicted molar refractivity (Wildman–Crippen MR) is 100 cm³/mol. The van der Waals surface area contributed by atoms with E-state index >= 15 is 0 Å². The zero-order valence-electron chi connectivity index (χ0n) is 16.2. The van der Waals surface area contributed by atoms with Gasteiger partial charge in [0.05, 0.1) is 5.57 Å². The fourth-order valence-corrected chi connectivity index (χ4v) is 2.61. The molecule has 6 nitrogen and oxygen atoms in total. The van der Waals surface area contributed by atoms with Gasteiger partial charge in [0.1, 0.15) is 5.76 Å². The number of rotatable bonds is 6. The van der Waals surface area contributed by atoms with Crippen LogP contribution in [0.3, 0.4) is 0 Å². The van der Waals surface area contributed by atoms with Gasteiger partial charge in [-0.05, 0) is 39.2 Å². The second-order valence-electron chi connectivity index (χ2n) is 6.22. The van der Waals surface area contributed by atoms with E-state index in [9.17, 15) is 24.3 Å². The standard InChI is InChI=1S/C11H14O3.C9H15NO2/c1-5-9(7(3)12)11(8(4)13)10(14)6-2;1-3-6(2)7-4-5-8(11)10-9(7)12/h5-6,14H,1H2,2-4H3;6-7H,3-5H2,1-2H3,(H,10,11,12)/b10-6+,11-9+;. The molecule has 1 rings (SSSR count). The summed E-state index contributed by atoms with van der Waals surface area (Å²) in [6.45, 7) is 11.8. The van der Waals surface area contributed by atoms with E-state index in [1.54, 1.807) is 6.92 Å². The maximum atomic E-state index is 11.3. The molecule has 2 amide bonds. The van der Waals surface area contributed by atoms with Crippen LogP contribution in [0.4, 0.5) is 0 Å². The fourth-order valence-electron chi connectivity index (χ4n) is 2.61. The number of carbonyl (C=O) groups excluding carboxylic acids is 4. The van der Waals surface area contributed by atoms with Gasteiger partial charge in [-0.3, -0.25) is 24.5 Å². The number of aliphatic hydroxyl groups is 1. The first-order valence-electron chi connectivity index (χ1n) is 8.68. The van der Waals surface area contributed by atoms with Gasteiger partial charge in [0.2, 0.25) is 11.8 Å². The minimum atomic E-state index is -0.356. The molecular weight excluding hydrogens is 334 g/mol. The summed E-state index contributed by atoms with van der Waals surface area (Å²) < 4.78 is 0. The molecule has 0 spiro atoms. The lowest BCUT2D eigenvalue weighted by molar-refractivity contribution is -0.137. The molecule has 1 aliphatic heterocycles. The Bertz CT molecular complexity index is 643. The van der Waals surface area contributed by atoms with Crippen molar-refractivity contribution >= 4 is 23.4 Å². The Kier molecular flexibility index (Phi) is 10.1. The minimum Gasteiger partial charge on any atom is -0.508 e. The molecule has 2 unspecified atom stereocenters. The zero-order chi connectivity index (χ0) is 20.4. The smallest absolute Gasteiger partial charge is 0.229 e. The molecule has 0 bridgehead atoms. The predicted octanol–water partition coefficient (Wildman–Crippen LogP) is 3.19. The molecule has 2 atom stereocenters. The lowest BCUT2D eigenvalue weighted by Crippen LogP contribution is -2.42. The highest BCUT2D eigenvalue weighted by Crippen LogP contribution is 2.23. The summed E-state index contributed by atoms with van der Waals surface area (Å²) >= 11 is 0. The van der Waals surface area contributed by atoms with E-state index in [1.807, 2.05) is 0 Å². The Balaban J connectivity index is 0.000000485. The van der Waals surface area contributed by atoms with Crippen molar-refractivity contribution in [3.63, 3.8) is 0 Å². The fraction of sp³-hybridized carbons (Fsp3) is 0.500. The first-order chi connectivity index (χ1) is 12.1. The maximum Gasteiger partial charge on any atom is 0.229 e. The first-order valence-corrected chi connectivity index (χ1v) is 8.68. The number of ketones is 2. The third-order valence-corrected chi connectivity index (χ3v) is 4.35. The van der Waals surface area contributed by atoms with E-state index in [-0.39, 0.29) is 46.2 Å². The van der Waals surface area contributed by atoms with Crippen LogP contribution in [0, 0.1) is 11.8 Å². The largest absolute Gasteiger partial charge is 0.508 e. The number of amides is 2. The van der Waals surface area contributed by atoms with Crippen molar-refractivity contribution in [2.75, 3.05) is 0 Å². The SMILES string of the molecule is C=C/C(C(C)=O)=C(C(C)=O)\C(O)=C/C.CCC(C)C1CCC(=O)NC1=O. The van der Waals surface area contributed by atoms with Gasteiger partial charge in [-0.15, -0.1) is 0 Å². The highest BCUT2D eigenvalue weighted by Gasteiger charge is 2.29. The molecule has 6 heteroatoms. The molecule has 1 saturated heterocycles. The molecule has 1 fully saturated rings. The lowest BCUT2D eigenvalue weighted by Gasteiger charge is -2.25. The number of Topliss-reactive ketones (excluding diaryl/α,β-unsaturated/α-hetero) is 2. The topological polar surface area (TPSA) is 101 Å². The molecule has 0 aromatic carbocycles. The monoisotopic (exact) mass is 363 g/mol. The first kappa shape index (κ1) is 23.5. The van der Waals surface area contributed by atoms with Crippen molar-refractivity contribution in [3.05, 3.63) is 35.6 Å². The van der Waals surface area contributed by atoms with Gasteiger partial charge in [0, 0.05) is 17.9 Å². The average molecular weight is 363 g/mol. The van der Waals surface area contributed by atoms with E-state index in [0.717, 1.165) is 12.8 Å². The van der Waals surface area contributed by atoms with E-state index in [4.69, 9.17) is 0 Å². The second kappa shape index (κ2) is 11.2. The van der Waals surface area contributed by atoms with Crippen molar-refractivity contribution in [2.24, 2.45) is 11.8 Å². The number of piperidine rings is 1. The van der Waals surface area contributed by atoms with Crippen LogP contribution >= 0.6 is 0 Å². The Hall–Kier alpha value is -2.50. The Morgan fingerprint density at radius 2 is 1.88 bits per heavy atom. The zero-order valence-corrected chi connectivity index (χ0v) is 16.2. The molecule has 0 aromatic rings. The van der Waals surface area contributed by atoms with E-state index in [2.05, 4.69) is 25.7 Å². The van der Waals surface area contributed by atoms with Gasteiger partial charge >= 0.3 is 0 Å². The highest BCUT2D eigenvalue weighted by molar-refractivity contribution is 6.08. The van der Waals surface area contributed by atoms with Gasteiger partial charge in [0.25, 0.3) is 0 Å². The lowest BCUT2D eigenvalue weighted by atomic mass is 9.85. The molecule has 1 heterocycles. The molecule has 1 aliphatic rings. The van der Waals surface area contributed by atoms with E-state index in [0.29, 0.717) is 12.3 Å². The summed E-state index contributed by atoms with van der Waals surface area (Å²) in [5.74, 6) is -0.613. The van der Waals surface area contributed by atoms with Crippen molar-refractivity contribution in [1.29, 1.82) is 0 Å². The third-order valence-electron chi connectivity index (χ3n) is 4.35. The van der Waals surface area contributed by atoms with Gasteiger partial charge in [-0.25, -0.2) is 0 Å². The Labute approximate surface area is 155 Å². The molecule has 144 valence electrons. The van der Waals surface area contributed by atoms with Gasteiger partial charge in [-0.1, -0.05) is 32.9 Å². The normalized spacial score (nSPS) is 19.4. The Morgan fingerprint density at radius 1 is 1.31 bits per heavy atom. The number of allylic oxidation sites excluding steroid dienone is 4. The summed E-state index contributed by atoms with van der Waals surface area (Å²) in [4.78, 5) is 44.4. The van der Waals surface area contributed by atoms with Gasteiger partial charge in [-0.2, -0.15) is 0 Å². The molecule has 0 aliphatic carbocycles. The van der Waals surface area contributed by atoms with Crippen molar-refractivity contribution in [1.82, 2.24) is 5.32 Å². The van der Waals surface area contributed by atoms with Crippen molar-refractivity contribution < 1.29 is 24.3 Å². The highest BCUT2D eigenvalue weighted by atomic mass is 16.3. The quantitative estimate of drug-likeness (QED) is 0.327. The molecule has 2 N–H and O–H groups in total. The van der Waals surface area contributed by atoms with Crippen LogP contribution in [0.25, 0.3) is 0 Å². The summed E-state index contributed by atoms with van der Waals surface area (Å²) in [7, 11) is 0. The molecule has 0 radical (unpaired) electrons. The third kappa shape index (κ3) is 6.78. The molecular formula is C20H29NO5. The van der Waals surface area contributed by atoms with Crippen LogP contribution in [-0.4, -0.2) is 28.5 Å². The summed E-state index contributed by atoms with van der Waals surface area (Å²) in [6, 6.07) is 0. The van der Waals surface area contributed by atoms with Crippen LogP contribution in [0.5, 0.6) is 0 Å². The van der Waals surface area contributed by atoms with Crippen molar-refractivity contribution in [3.8, 4) is 0 Å². The van der Waals surface area contributed by atoms with E-state index in [1.165, 1.54) is 26.0 Å². The Morgan fingerprint density at radius 3 is 2.23 bits per heavy atom. The van der Waals surface area contributed by atoms with Gasteiger partial charge < -0.3 is 5.11 Å². The maximum absolute atomic E-state index is 11.3. The second-order valence-corrected chi connectivity index (χ2v) is 6.22. The van der Waals surface area contributed by atoms with Crippen LogP contribution in [0.15, 0.2) is 35.6 Å². The van der Waals surface area contributed by atoms with Crippen molar-refractivity contribution in [2.45, 2.75) is 53.9 Å². The van der Waals surface area contributed by atoms with Crippen LogP contribution < -0.4 is 5.32 Å². The number of nitrogens with one attached hydrogen (secondary N) is 1.